The number of benzene rings is 1. The van der Waals surface area contributed by atoms with Crippen LogP contribution < -0.4 is 0 Å². The number of carbonyl (C=O) groups excluding carboxylic acids is 1. The highest BCUT2D eigenvalue weighted by Crippen LogP contribution is 2.55. The summed E-state index contributed by atoms with van der Waals surface area (Å²) in [5, 5.41) is 0.624. The molecule has 4 nitrogen and oxygen atoms in total. The second kappa shape index (κ2) is 5.72. The summed E-state index contributed by atoms with van der Waals surface area (Å²) in [7, 11) is 4.23. The fourth-order valence-corrected chi connectivity index (χ4v) is 5.34. The molecule has 1 amide bonds. The summed E-state index contributed by atoms with van der Waals surface area (Å²) in [6.07, 6.45) is 2.60. The van der Waals surface area contributed by atoms with Crippen molar-refractivity contribution in [2.75, 3.05) is 33.7 Å². The first-order chi connectivity index (χ1) is 11.4. The number of aryl methyl sites for hydroxylation is 1. The van der Waals surface area contributed by atoms with Crippen molar-refractivity contribution < 1.29 is 9.53 Å². The summed E-state index contributed by atoms with van der Waals surface area (Å²) in [5.41, 5.74) is 1.61. The molecule has 0 aromatic heterocycles. The van der Waals surface area contributed by atoms with Crippen LogP contribution in [0.15, 0.2) is 18.2 Å². The minimum Gasteiger partial charge on any atom is -0.369 e. The molecule has 4 atom stereocenters. The van der Waals surface area contributed by atoms with E-state index in [1.54, 1.807) is 6.07 Å². The molecule has 2 bridgehead atoms. The van der Waals surface area contributed by atoms with E-state index < -0.39 is 0 Å². The number of nitrogens with zero attached hydrogens (tertiary/aromatic N) is 2. The molecule has 0 saturated carbocycles. The molecular formula is C19H25ClN2O2. The number of likely N-dealkylation sites (tertiary alicyclic amines) is 1. The van der Waals surface area contributed by atoms with E-state index in [1.807, 2.05) is 24.0 Å². The van der Waals surface area contributed by atoms with Gasteiger partial charge in [-0.2, -0.15) is 0 Å². The summed E-state index contributed by atoms with van der Waals surface area (Å²) in [6.45, 7) is 4.54. The molecule has 1 spiro atoms. The van der Waals surface area contributed by atoms with Gasteiger partial charge >= 0.3 is 0 Å². The maximum atomic E-state index is 13.0. The van der Waals surface area contributed by atoms with Crippen molar-refractivity contribution in [1.82, 2.24) is 9.80 Å². The molecule has 3 fully saturated rings. The lowest BCUT2D eigenvalue weighted by atomic mass is 9.73. The zero-order valence-corrected chi connectivity index (χ0v) is 15.3. The van der Waals surface area contributed by atoms with Crippen molar-refractivity contribution in [2.45, 2.75) is 31.5 Å². The highest BCUT2D eigenvalue weighted by atomic mass is 35.5. The normalized spacial score (nSPS) is 34.2. The highest BCUT2D eigenvalue weighted by Gasteiger charge is 2.63. The smallest absolute Gasteiger partial charge is 0.254 e. The predicted molar refractivity (Wildman–Crippen MR) is 94.5 cm³/mol. The Balaban J connectivity index is 1.56. The van der Waals surface area contributed by atoms with E-state index in [0.29, 0.717) is 28.5 Å². The topological polar surface area (TPSA) is 32.8 Å². The number of hydrogen-bond acceptors (Lipinski definition) is 3. The number of hydrogen-bond donors (Lipinski definition) is 0. The fraction of sp³-hybridized carbons (Fsp3) is 0.632. The van der Waals surface area contributed by atoms with Crippen LogP contribution in [0.1, 0.15) is 28.8 Å². The molecule has 0 aliphatic carbocycles. The third-order valence-corrected chi connectivity index (χ3v) is 6.15. The van der Waals surface area contributed by atoms with Gasteiger partial charge in [0.25, 0.3) is 5.91 Å². The SMILES string of the molecule is Cc1cc(Cl)cc(C(=O)N2C[C@@H]3[C@H](CN(C)C)[C@H]4CC[C@]3(C2)O4)c1. The van der Waals surface area contributed by atoms with E-state index in [9.17, 15) is 4.79 Å². The van der Waals surface area contributed by atoms with Crippen LogP contribution in [0.2, 0.25) is 5.02 Å². The zero-order valence-electron chi connectivity index (χ0n) is 14.6. The number of carbonyl (C=O) groups is 1. The van der Waals surface area contributed by atoms with E-state index in [4.69, 9.17) is 16.3 Å². The largest absolute Gasteiger partial charge is 0.369 e. The van der Waals surface area contributed by atoms with Crippen molar-refractivity contribution in [3.8, 4) is 0 Å². The van der Waals surface area contributed by atoms with Crippen LogP contribution in [0.25, 0.3) is 0 Å². The van der Waals surface area contributed by atoms with Gasteiger partial charge < -0.3 is 14.5 Å². The van der Waals surface area contributed by atoms with Crippen molar-refractivity contribution in [3.63, 3.8) is 0 Å². The quantitative estimate of drug-likeness (QED) is 0.842. The summed E-state index contributed by atoms with van der Waals surface area (Å²) in [4.78, 5) is 17.2. The van der Waals surface area contributed by atoms with Crippen LogP contribution in [0.3, 0.4) is 0 Å². The van der Waals surface area contributed by atoms with E-state index >= 15 is 0 Å². The molecule has 0 unspecified atom stereocenters. The predicted octanol–water partition coefficient (Wildman–Crippen LogP) is 2.83. The molecular weight excluding hydrogens is 324 g/mol. The van der Waals surface area contributed by atoms with Gasteiger partial charge in [0.15, 0.2) is 0 Å². The van der Waals surface area contributed by atoms with Gasteiger partial charge in [-0.1, -0.05) is 11.6 Å². The van der Waals surface area contributed by atoms with Crippen LogP contribution in [0.5, 0.6) is 0 Å². The molecule has 3 aliphatic heterocycles. The minimum atomic E-state index is -0.103. The molecule has 1 aromatic carbocycles. The van der Waals surface area contributed by atoms with Crippen molar-refractivity contribution in [1.29, 1.82) is 0 Å². The first-order valence-electron chi connectivity index (χ1n) is 8.77. The van der Waals surface area contributed by atoms with Gasteiger partial charge in [-0.15, -0.1) is 0 Å². The molecule has 130 valence electrons. The second-order valence-corrected chi connectivity index (χ2v) is 8.43. The van der Waals surface area contributed by atoms with E-state index in [2.05, 4.69) is 19.0 Å². The summed E-state index contributed by atoms with van der Waals surface area (Å²) >= 11 is 6.14. The number of fused-ring (bicyclic) bond motifs is 1. The van der Waals surface area contributed by atoms with E-state index in [1.165, 1.54) is 0 Å². The third kappa shape index (κ3) is 2.56. The zero-order chi connectivity index (χ0) is 17.1. The lowest BCUT2D eigenvalue weighted by molar-refractivity contribution is 0.00256. The number of amides is 1. The lowest BCUT2D eigenvalue weighted by Crippen LogP contribution is -2.40. The number of ether oxygens (including phenoxy) is 1. The Morgan fingerprint density at radius 2 is 2.21 bits per heavy atom. The van der Waals surface area contributed by atoms with Crippen molar-refractivity contribution >= 4 is 17.5 Å². The van der Waals surface area contributed by atoms with E-state index in [0.717, 1.165) is 38.0 Å². The molecule has 4 rings (SSSR count). The molecule has 3 heterocycles. The summed E-state index contributed by atoms with van der Waals surface area (Å²) in [6, 6.07) is 5.58. The van der Waals surface area contributed by atoms with Gasteiger partial charge in [-0.05, 0) is 57.6 Å². The van der Waals surface area contributed by atoms with Crippen LogP contribution >= 0.6 is 11.6 Å². The lowest BCUT2D eigenvalue weighted by Gasteiger charge is -2.30. The fourth-order valence-electron chi connectivity index (χ4n) is 5.05. The first-order valence-corrected chi connectivity index (χ1v) is 9.15. The third-order valence-electron chi connectivity index (χ3n) is 5.94. The Kier molecular flexibility index (Phi) is 3.90. The number of halogens is 1. The Hall–Kier alpha value is -1.10. The summed E-state index contributed by atoms with van der Waals surface area (Å²) in [5.74, 6) is 1.08. The first kappa shape index (κ1) is 16.4. The minimum absolute atomic E-state index is 0.0834. The molecule has 24 heavy (non-hydrogen) atoms. The van der Waals surface area contributed by atoms with Crippen LogP contribution in [-0.4, -0.2) is 61.1 Å². The van der Waals surface area contributed by atoms with Gasteiger partial charge in [-0.25, -0.2) is 0 Å². The molecule has 3 aliphatic rings. The van der Waals surface area contributed by atoms with Gasteiger partial charge in [0, 0.05) is 35.5 Å². The van der Waals surface area contributed by atoms with Gasteiger partial charge in [-0.3, -0.25) is 4.79 Å². The average molecular weight is 349 g/mol. The van der Waals surface area contributed by atoms with Gasteiger partial charge in [0.2, 0.25) is 0 Å². The number of rotatable bonds is 3. The molecule has 3 saturated heterocycles. The average Bonchev–Trinajstić information content (AvgIpc) is 3.14. The van der Waals surface area contributed by atoms with Gasteiger partial charge in [0.1, 0.15) is 0 Å². The van der Waals surface area contributed by atoms with Crippen LogP contribution in [0, 0.1) is 18.8 Å². The Labute approximate surface area is 148 Å². The molecule has 0 N–H and O–H groups in total. The standard InChI is InChI=1S/C19H25ClN2O2/c1-12-6-13(8-14(20)7-12)18(23)22-10-16-15(9-21(2)3)17-4-5-19(16,11-22)24-17/h6-8,15-17H,4-5,9-11H2,1-3H3/t15-,16+,17+,19+/m0/s1. The highest BCUT2D eigenvalue weighted by molar-refractivity contribution is 6.31. The van der Waals surface area contributed by atoms with Crippen LogP contribution in [0.4, 0.5) is 0 Å². The molecule has 0 radical (unpaired) electrons. The van der Waals surface area contributed by atoms with Crippen molar-refractivity contribution in [3.05, 3.63) is 34.3 Å². The van der Waals surface area contributed by atoms with Crippen LogP contribution in [-0.2, 0) is 4.74 Å². The monoisotopic (exact) mass is 348 g/mol. The van der Waals surface area contributed by atoms with E-state index in [-0.39, 0.29) is 11.5 Å². The maximum absolute atomic E-state index is 13.0. The Bertz CT molecular complexity index is 657. The maximum Gasteiger partial charge on any atom is 0.254 e. The Morgan fingerprint density at radius 1 is 1.42 bits per heavy atom. The van der Waals surface area contributed by atoms with Gasteiger partial charge in [0.05, 0.1) is 18.2 Å². The molecule has 5 heteroatoms. The summed E-state index contributed by atoms with van der Waals surface area (Å²) < 4.78 is 6.41. The Morgan fingerprint density at radius 3 is 2.92 bits per heavy atom. The molecule has 1 aromatic rings. The second-order valence-electron chi connectivity index (χ2n) is 8.00. The van der Waals surface area contributed by atoms with Crippen molar-refractivity contribution in [2.24, 2.45) is 11.8 Å².